The van der Waals surface area contributed by atoms with Crippen LogP contribution in [0.3, 0.4) is 0 Å². The molecule has 0 saturated carbocycles. The maximum Gasteiger partial charge on any atom is 0.490 e. The van der Waals surface area contributed by atoms with Gasteiger partial charge < -0.3 is 44.6 Å². The summed E-state index contributed by atoms with van der Waals surface area (Å²) in [6.45, 7) is 0.685. The molecule has 5 N–H and O–H groups in total. The fourth-order valence-corrected chi connectivity index (χ4v) is 6.03. The van der Waals surface area contributed by atoms with Crippen LogP contribution < -0.4 is 9.47 Å². The first-order valence-electron chi connectivity index (χ1n) is 11.7. The normalized spacial score (nSPS) is 29.9. The first-order valence-corrected chi connectivity index (χ1v) is 11.7. The number of carbonyl (C=O) groups is 3. The molecule has 1 aromatic carbocycles. The maximum atomic E-state index is 12.4. The van der Waals surface area contributed by atoms with Crippen LogP contribution >= 0.6 is 0 Å². The van der Waals surface area contributed by atoms with Crippen LogP contribution in [0.2, 0.25) is 0 Å². The van der Waals surface area contributed by atoms with Gasteiger partial charge in [-0.1, -0.05) is 6.07 Å². The van der Waals surface area contributed by atoms with Crippen molar-refractivity contribution in [3.05, 3.63) is 35.1 Å². The summed E-state index contributed by atoms with van der Waals surface area (Å²) in [6.07, 6.45) is -7.66. The van der Waals surface area contributed by atoms with Gasteiger partial charge in [0.2, 0.25) is 0 Å². The molecule has 1 fully saturated rings. The molecular weight excluding hydrogens is 535 g/mol. The smallest absolute Gasteiger partial charge is 0.490 e. The van der Waals surface area contributed by atoms with Crippen LogP contribution in [-0.2, 0) is 31.0 Å². The molecule has 5 rings (SSSR count). The number of ether oxygens (including phenoxy) is 3. The number of benzene rings is 1. The molecule has 12 nitrogen and oxygen atoms in total. The van der Waals surface area contributed by atoms with Gasteiger partial charge in [0.05, 0.1) is 18.1 Å². The number of likely N-dealkylation sites (tertiary alicyclic amines) is 1. The van der Waals surface area contributed by atoms with E-state index < -0.39 is 53.4 Å². The molecule has 2 bridgehead atoms. The summed E-state index contributed by atoms with van der Waals surface area (Å²) >= 11 is 0. The predicted molar refractivity (Wildman–Crippen MR) is 121 cm³/mol. The number of methoxy groups -OCH3 is 1. The quantitative estimate of drug-likeness (QED) is 0.303. The number of aliphatic carboxylic acids is 2. The molecule has 4 aliphatic rings. The van der Waals surface area contributed by atoms with Gasteiger partial charge in [0, 0.05) is 18.0 Å². The van der Waals surface area contributed by atoms with Gasteiger partial charge in [-0.25, -0.2) is 14.4 Å². The van der Waals surface area contributed by atoms with Crippen LogP contribution in [0.1, 0.15) is 24.0 Å². The predicted octanol–water partition coefficient (Wildman–Crippen LogP) is -0.0442. The first-order chi connectivity index (χ1) is 18.1. The molecule has 1 aromatic rings. The molecular formula is C24H26F3NO11. The van der Waals surface area contributed by atoms with Gasteiger partial charge in [0.25, 0.3) is 0 Å². The Kier molecular flexibility index (Phi) is 7.08. The number of halogens is 3. The van der Waals surface area contributed by atoms with E-state index in [9.17, 15) is 38.1 Å². The fraction of sp³-hybridized carbons (Fsp3) is 0.542. The van der Waals surface area contributed by atoms with Gasteiger partial charge in [-0.2, -0.15) is 13.2 Å². The van der Waals surface area contributed by atoms with Crippen LogP contribution in [0, 0.1) is 0 Å². The molecule has 1 saturated heterocycles. The van der Waals surface area contributed by atoms with E-state index in [2.05, 4.69) is 4.90 Å². The molecule has 2 unspecified atom stereocenters. The molecule has 2 heterocycles. The number of likely N-dealkylation sites (N-methyl/N-ethyl adjacent to an activating group) is 1. The van der Waals surface area contributed by atoms with E-state index in [0.29, 0.717) is 30.9 Å². The van der Waals surface area contributed by atoms with Crippen molar-refractivity contribution in [2.24, 2.45) is 0 Å². The summed E-state index contributed by atoms with van der Waals surface area (Å²) in [5.41, 5.74) is -0.216. The Hall–Kier alpha value is -3.40. The van der Waals surface area contributed by atoms with Crippen LogP contribution in [-0.4, -0.2) is 105 Å². The van der Waals surface area contributed by atoms with Crippen LogP contribution in [0.25, 0.3) is 0 Å². The Morgan fingerprint density at radius 1 is 1.18 bits per heavy atom. The van der Waals surface area contributed by atoms with Gasteiger partial charge in [0.1, 0.15) is 5.76 Å². The van der Waals surface area contributed by atoms with Crippen LogP contribution in [0.5, 0.6) is 11.5 Å². The number of carbonyl (C=O) groups excluding carboxylic acids is 1. The highest BCUT2D eigenvalue weighted by Crippen LogP contribution is 2.65. The Morgan fingerprint density at radius 3 is 2.38 bits per heavy atom. The molecule has 2 aliphatic heterocycles. The van der Waals surface area contributed by atoms with Gasteiger partial charge in [0.15, 0.2) is 29.8 Å². The average molecular weight is 561 g/mol. The number of alkyl halides is 3. The fourth-order valence-electron chi connectivity index (χ4n) is 6.03. The highest BCUT2D eigenvalue weighted by atomic mass is 19.4. The monoisotopic (exact) mass is 561 g/mol. The topological polar surface area (TPSA) is 183 Å². The highest BCUT2D eigenvalue weighted by molar-refractivity contribution is 5.85. The first kappa shape index (κ1) is 28.6. The third kappa shape index (κ3) is 4.29. The lowest BCUT2D eigenvalue weighted by Crippen LogP contribution is -2.74. The van der Waals surface area contributed by atoms with Crippen molar-refractivity contribution >= 4 is 17.9 Å². The minimum absolute atomic E-state index is 0.0747. The number of hydrogen-bond acceptors (Lipinski definition) is 10. The van der Waals surface area contributed by atoms with Crippen LogP contribution in [0.4, 0.5) is 13.2 Å². The number of esters is 1. The highest BCUT2D eigenvalue weighted by Gasteiger charge is 2.72. The number of carboxylic acid groups (broad SMARTS) is 2. The van der Waals surface area contributed by atoms with E-state index in [1.807, 2.05) is 19.2 Å². The molecule has 1 spiro atoms. The minimum atomic E-state index is -5.08. The van der Waals surface area contributed by atoms with E-state index >= 15 is 0 Å². The number of rotatable bonds is 5. The summed E-state index contributed by atoms with van der Waals surface area (Å²) in [7, 11) is 3.49. The van der Waals surface area contributed by atoms with Crippen molar-refractivity contribution in [1.82, 2.24) is 4.90 Å². The molecule has 2 aliphatic carbocycles. The molecule has 0 aromatic heterocycles. The Labute approximate surface area is 218 Å². The zero-order valence-corrected chi connectivity index (χ0v) is 20.6. The number of carboxylic acids is 2. The number of hydrogen-bond donors (Lipinski definition) is 5. The van der Waals surface area contributed by atoms with E-state index in [1.165, 1.54) is 7.11 Å². The Morgan fingerprint density at radius 2 is 1.82 bits per heavy atom. The van der Waals surface area contributed by atoms with Gasteiger partial charge in [-0.3, -0.25) is 0 Å². The lowest BCUT2D eigenvalue weighted by atomic mass is 9.50. The molecule has 39 heavy (non-hydrogen) atoms. The number of nitrogens with zero attached hydrogens (tertiary/aromatic N) is 1. The molecule has 0 radical (unpaired) electrons. The number of piperidine rings is 1. The SMILES string of the molecule is COc1ccc2c3c1O[C@H]1C(OC(=O)C(O)C(O)C(=O)O)=CC[C@@]4(O)[C@@H](C2)N(C)CC[C@]314.O=C(O)C(F)(F)F. The van der Waals surface area contributed by atoms with E-state index in [0.717, 1.165) is 11.1 Å². The largest absolute Gasteiger partial charge is 0.493 e. The van der Waals surface area contributed by atoms with Crippen molar-refractivity contribution in [2.45, 2.75) is 60.8 Å². The van der Waals surface area contributed by atoms with E-state index in [-0.39, 0.29) is 18.2 Å². The van der Waals surface area contributed by atoms with Crippen molar-refractivity contribution in [2.75, 3.05) is 20.7 Å². The second-order valence-corrected chi connectivity index (χ2v) is 9.74. The molecule has 214 valence electrons. The van der Waals surface area contributed by atoms with Crippen molar-refractivity contribution in [3.63, 3.8) is 0 Å². The molecule has 0 amide bonds. The van der Waals surface area contributed by atoms with Gasteiger partial charge in [-0.15, -0.1) is 0 Å². The van der Waals surface area contributed by atoms with Crippen LogP contribution in [0.15, 0.2) is 24.0 Å². The minimum Gasteiger partial charge on any atom is -0.493 e. The lowest BCUT2D eigenvalue weighted by molar-refractivity contribution is -0.192. The van der Waals surface area contributed by atoms with Crippen molar-refractivity contribution < 1.29 is 67.3 Å². The second-order valence-electron chi connectivity index (χ2n) is 9.74. The number of aliphatic hydroxyl groups excluding tert-OH is 2. The summed E-state index contributed by atoms with van der Waals surface area (Å²) in [5, 5.41) is 47.5. The Bertz CT molecular complexity index is 1230. The van der Waals surface area contributed by atoms with Gasteiger partial charge in [-0.05, 0) is 44.1 Å². The standard InChI is InChI=1S/C22H25NO9.C2HF3O2/c1-23-8-7-21-14-10-3-4-11(30-2)17(14)32-18(21)12(5-6-22(21,29)13(23)9-10)31-20(28)16(25)15(24)19(26)27;3-2(4,5)1(6)7/h3-5,13,15-16,18,24-25,29H,6-9H2,1-2H3,(H,26,27);(H,6,7)/t13-,15?,16?,18+,21+,22-;/m1./s1. The van der Waals surface area contributed by atoms with E-state index in [4.69, 9.17) is 29.2 Å². The van der Waals surface area contributed by atoms with Crippen molar-refractivity contribution in [1.29, 1.82) is 0 Å². The zero-order chi connectivity index (χ0) is 29.1. The third-order valence-corrected chi connectivity index (χ3v) is 7.81. The zero-order valence-electron chi connectivity index (χ0n) is 20.6. The third-order valence-electron chi connectivity index (χ3n) is 7.81. The van der Waals surface area contributed by atoms with Gasteiger partial charge >= 0.3 is 24.1 Å². The lowest BCUT2D eigenvalue weighted by Gasteiger charge is -2.61. The second kappa shape index (κ2) is 9.66. The summed E-state index contributed by atoms with van der Waals surface area (Å²) < 4.78 is 48.9. The summed E-state index contributed by atoms with van der Waals surface area (Å²) in [6, 6.07) is 3.60. The number of aliphatic hydroxyl groups is 3. The molecule has 15 heteroatoms. The molecule has 6 atom stereocenters. The Balaban J connectivity index is 0.000000448. The summed E-state index contributed by atoms with van der Waals surface area (Å²) in [4.78, 5) is 34.4. The maximum absolute atomic E-state index is 12.4. The van der Waals surface area contributed by atoms with Crippen molar-refractivity contribution in [3.8, 4) is 11.5 Å². The summed E-state index contributed by atoms with van der Waals surface area (Å²) in [5.74, 6) is -4.74. The average Bonchev–Trinajstić information content (AvgIpc) is 3.22. The van der Waals surface area contributed by atoms with E-state index in [1.54, 1.807) is 6.08 Å².